The Labute approximate surface area is 90.5 Å². The van der Waals surface area contributed by atoms with Crippen molar-refractivity contribution in [3.8, 4) is 5.75 Å². The number of rotatable bonds is 2. The van der Waals surface area contributed by atoms with Crippen molar-refractivity contribution in [1.82, 2.24) is 0 Å². The number of hydrogen-bond donors (Lipinski definition) is 2. The van der Waals surface area contributed by atoms with Gasteiger partial charge in [-0.05, 0) is 34.0 Å². The van der Waals surface area contributed by atoms with Gasteiger partial charge in [0.1, 0.15) is 0 Å². The lowest BCUT2D eigenvalue weighted by molar-refractivity contribution is 0.269. The molecule has 0 aliphatic rings. The number of benzene rings is 1. The van der Waals surface area contributed by atoms with Crippen LogP contribution in [0.15, 0.2) is 10.5 Å². The second kappa shape index (κ2) is 4.28. The third-order valence-corrected chi connectivity index (χ3v) is 3.19. The molecule has 4 heteroatoms. The Morgan fingerprint density at radius 1 is 1.57 bits per heavy atom. The van der Waals surface area contributed by atoms with Crippen LogP contribution in [0, 0.1) is 12.7 Å². The summed E-state index contributed by atoms with van der Waals surface area (Å²) in [5, 5.41) is 18.3. The van der Waals surface area contributed by atoms with E-state index in [0.717, 1.165) is 5.56 Å². The fourth-order valence-electron chi connectivity index (χ4n) is 1.24. The molecule has 0 radical (unpaired) electrons. The topological polar surface area (TPSA) is 40.5 Å². The van der Waals surface area contributed by atoms with Gasteiger partial charge in [0.15, 0.2) is 11.6 Å². The van der Waals surface area contributed by atoms with Gasteiger partial charge in [0, 0.05) is 12.5 Å². The third kappa shape index (κ3) is 1.91. The van der Waals surface area contributed by atoms with Crippen molar-refractivity contribution in [3.63, 3.8) is 0 Å². The lowest BCUT2D eigenvalue weighted by atomic mass is 9.99. The summed E-state index contributed by atoms with van der Waals surface area (Å²) >= 11 is 3.08. The van der Waals surface area contributed by atoms with E-state index in [9.17, 15) is 9.50 Å². The summed E-state index contributed by atoms with van der Waals surface area (Å²) in [6.45, 7) is 3.32. The first-order chi connectivity index (χ1) is 6.49. The highest BCUT2D eigenvalue weighted by molar-refractivity contribution is 9.10. The smallest absolute Gasteiger partial charge is 0.169 e. The van der Waals surface area contributed by atoms with Crippen molar-refractivity contribution in [2.24, 2.45) is 0 Å². The monoisotopic (exact) mass is 262 g/mol. The van der Waals surface area contributed by atoms with E-state index in [1.807, 2.05) is 0 Å². The summed E-state index contributed by atoms with van der Waals surface area (Å²) in [6, 6.07) is 1.63. The number of aromatic hydroxyl groups is 1. The second-order valence-electron chi connectivity index (χ2n) is 3.34. The summed E-state index contributed by atoms with van der Waals surface area (Å²) in [7, 11) is 0. The van der Waals surface area contributed by atoms with Crippen LogP contribution in [0.25, 0.3) is 0 Å². The molecule has 0 bridgehead atoms. The van der Waals surface area contributed by atoms with Gasteiger partial charge in [0.25, 0.3) is 0 Å². The molecule has 1 aromatic rings. The van der Waals surface area contributed by atoms with E-state index in [-0.39, 0.29) is 18.3 Å². The average molecular weight is 263 g/mol. The van der Waals surface area contributed by atoms with E-state index in [4.69, 9.17) is 5.11 Å². The summed E-state index contributed by atoms with van der Waals surface area (Å²) < 4.78 is 13.9. The van der Waals surface area contributed by atoms with Crippen LogP contribution in [0.1, 0.15) is 24.0 Å². The van der Waals surface area contributed by atoms with E-state index < -0.39 is 5.82 Å². The molecular weight excluding hydrogens is 251 g/mol. The van der Waals surface area contributed by atoms with E-state index in [0.29, 0.717) is 10.0 Å². The molecule has 1 unspecified atom stereocenters. The van der Waals surface area contributed by atoms with Gasteiger partial charge in [0.2, 0.25) is 0 Å². The Morgan fingerprint density at radius 2 is 2.14 bits per heavy atom. The van der Waals surface area contributed by atoms with Gasteiger partial charge in [-0.2, -0.15) is 0 Å². The minimum absolute atomic E-state index is 0.141. The summed E-state index contributed by atoms with van der Waals surface area (Å²) in [5.74, 6) is -1.36. The molecule has 0 saturated carbocycles. The van der Waals surface area contributed by atoms with Crippen molar-refractivity contribution in [1.29, 1.82) is 0 Å². The molecule has 0 saturated heterocycles. The number of aliphatic hydroxyl groups excluding tert-OH is 1. The average Bonchev–Trinajstić information content (AvgIpc) is 2.19. The Hall–Kier alpha value is -0.610. The Balaban J connectivity index is 3.33. The maximum Gasteiger partial charge on any atom is 0.169 e. The lowest BCUT2D eigenvalue weighted by Crippen LogP contribution is -2.03. The molecule has 78 valence electrons. The summed E-state index contributed by atoms with van der Waals surface area (Å²) in [6.07, 6.45) is 0. The number of aryl methyl sites for hydroxylation is 1. The van der Waals surface area contributed by atoms with Crippen LogP contribution in [-0.2, 0) is 0 Å². The van der Waals surface area contributed by atoms with Gasteiger partial charge >= 0.3 is 0 Å². The predicted octanol–water partition coefficient (Wildman–Crippen LogP) is 2.70. The van der Waals surface area contributed by atoms with Gasteiger partial charge in [-0.25, -0.2) is 4.39 Å². The van der Waals surface area contributed by atoms with Crippen molar-refractivity contribution in [3.05, 3.63) is 27.5 Å². The zero-order valence-electron chi connectivity index (χ0n) is 8.01. The lowest BCUT2D eigenvalue weighted by Gasteiger charge is -2.13. The van der Waals surface area contributed by atoms with Crippen molar-refractivity contribution in [2.75, 3.05) is 6.61 Å². The molecule has 0 heterocycles. The van der Waals surface area contributed by atoms with Crippen LogP contribution in [0.2, 0.25) is 0 Å². The molecule has 2 nitrogen and oxygen atoms in total. The minimum Gasteiger partial charge on any atom is -0.504 e. The zero-order valence-corrected chi connectivity index (χ0v) is 9.60. The fourth-order valence-corrected chi connectivity index (χ4v) is 1.53. The molecule has 1 rings (SSSR count). The van der Waals surface area contributed by atoms with Crippen molar-refractivity contribution in [2.45, 2.75) is 19.8 Å². The molecule has 1 aromatic carbocycles. The van der Waals surface area contributed by atoms with Gasteiger partial charge in [-0.3, -0.25) is 0 Å². The Bertz CT molecular complexity index is 352. The number of aliphatic hydroxyl groups is 1. The highest BCUT2D eigenvalue weighted by Crippen LogP contribution is 2.35. The highest BCUT2D eigenvalue weighted by Gasteiger charge is 2.17. The largest absolute Gasteiger partial charge is 0.504 e. The maximum atomic E-state index is 13.5. The minimum atomic E-state index is -0.663. The fraction of sp³-hybridized carbons (Fsp3) is 0.400. The molecule has 0 aliphatic heterocycles. The van der Waals surface area contributed by atoms with Gasteiger partial charge in [0.05, 0.1) is 4.47 Å². The first kappa shape index (κ1) is 11.5. The van der Waals surface area contributed by atoms with Crippen LogP contribution in [0.4, 0.5) is 4.39 Å². The van der Waals surface area contributed by atoms with Crippen LogP contribution < -0.4 is 0 Å². The van der Waals surface area contributed by atoms with E-state index in [1.54, 1.807) is 19.9 Å². The zero-order chi connectivity index (χ0) is 10.9. The first-order valence-electron chi connectivity index (χ1n) is 4.27. The molecule has 0 aliphatic carbocycles. The third-order valence-electron chi connectivity index (χ3n) is 2.19. The summed E-state index contributed by atoms with van der Waals surface area (Å²) in [5.41, 5.74) is 1.09. The SMILES string of the molecule is Cc1cc(C(C)CO)c(F)c(O)c1Br. The standard InChI is InChI=1S/C10H12BrFO2/c1-5-3-7(6(2)4-13)9(12)10(14)8(5)11/h3,6,13-14H,4H2,1-2H3. The molecule has 0 spiro atoms. The molecule has 2 N–H and O–H groups in total. The van der Waals surface area contributed by atoms with Crippen molar-refractivity contribution < 1.29 is 14.6 Å². The molecule has 1 atom stereocenters. The molecule has 0 amide bonds. The van der Waals surface area contributed by atoms with E-state index in [2.05, 4.69) is 15.9 Å². The maximum absolute atomic E-state index is 13.5. The second-order valence-corrected chi connectivity index (χ2v) is 4.14. The van der Waals surface area contributed by atoms with Gasteiger partial charge in [-0.1, -0.05) is 13.0 Å². The van der Waals surface area contributed by atoms with Crippen LogP contribution in [-0.4, -0.2) is 16.8 Å². The normalized spacial score (nSPS) is 12.9. The quantitative estimate of drug-likeness (QED) is 0.861. The molecule has 0 aromatic heterocycles. The number of phenolic OH excluding ortho intramolecular Hbond substituents is 1. The van der Waals surface area contributed by atoms with E-state index >= 15 is 0 Å². The first-order valence-corrected chi connectivity index (χ1v) is 5.06. The van der Waals surface area contributed by atoms with Crippen LogP contribution in [0.3, 0.4) is 0 Å². The van der Waals surface area contributed by atoms with E-state index in [1.165, 1.54) is 0 Å². The van der Waals surface area contributed by atoms with Gasteiger partial charge < -0.3 is 10.2 Å². The molecule has 14 heavy (non-hydrogen) atoms. The number of phenols is 1. The molecular formula is C10H12BrFO2. The van der Waals surface area contributed by atoms with Crippen LogP contribution in [0.5, 0.6) is 5.75 Å². The molecule has 0 fully saturated rings. The van der Waals surface area contributed by atoms with Crippen LogP contribution >= 0.6 is 15.9 Å². The summed E-state index contributed by atoms with van der Waals surface area (Å²) in [4.78, 5) is 0. The van der Waals surface area contributed by atoms with Gasteiger partial charge in [-0.15, -0.1) is 0 Å². The number of halogens is 2. The Kier molecular flexibility index (Phi) is 3.50. The van der Waals surface area contributed by atoms with Crippen molar-refractivity contribution >= 4 is 15.9 Å². The Morgan fingerprint density at radius 3 is 2.64 bits per heavy atom. The highest BCUT2D eigenvalue weighted by atomic mass is 79.9. The predicted molar refractivity (Wildman–Crippen MR) is 56.0 cm³/mol. The number of hydrogen-bond acceptors (Lipinski definition) is 2.